The number of rotatable bonds is 2. The molecule has 5 rings (SSSR count). The van der Waals surface area contributed by atoms with E-state index in [0.717, 1.165) is 33.4 Å². The quantitative estimate of drug-likeness (QED) is 0.465. The van der Waals surface area contributed by atoms with Crippen LogP contribution in [-0.2, 0) is 38.6 Å². The van der Waals surface area contributed by atoms with Gasteiger partial charge in [0.1, 0.15) is 12.2 Å². The molecule has 158 valence electrons. The highest BCUT2D eigenvalue weighted by Gasteiger charge is 2.39. The molecule has 1 aromatic carbocycles. The van der Waals surface area contributed by atoms with Crippen molar-refractivity contribution in [1.82, 2.24) is 9.55 Å². The van der Waals surface area contributed by atoms with Crippen LogP contribution in [0.1, 0.15) is 43.4 Å². The Labute approximate surface area is 178 Å². The lowest BCUT2D eigenvalue weighted by Crippen LogP contribution is -2.42. The van der Waals surface area contributed by atoms with Crippen molar-refractivity contribution in [3.63, 3.8) is 0 Å². The van der Waals surface area contributed by atoms with E-state index in [-0.39, 0.29) is 25.0 Å². The molecule has 0 saturated carbocycles. The number of esters is 2. The zero-order chi connectivity index (χ0) is 21.8. The number of carbonyl (C=O) groups excluding carboxylic acids is 2. The molecule has 0 amide bonds. The van der Waals surface area contributed by atoms with Crippen LogP contribution in [0.2, 0.25) is 0 Å². The molecule has 4 heterocycles. The van der Waals surface area contributed by atoms with Crippen molar-refractivity contribution in [3.05, 3.63) is 63.4 Å². The van der Waals surface area contributed by atoms with Crippen molar-refractivity contribution in [2.45, 2.75) is 51.9 Å². The van der Waals surface area contributed by atoms with Crippen LogP contribution >= 0.6 is 0 Å². The maximum atomic E-state index is 13.4. The third kappa shape index (κ3) is 3.21. The van der Waals surface area contributed by atoms with E-state index in [9.17, 15) is 14.4 Å². The maximum Gasteiger partial charge on any atom is 0.310 e. The summed E-state index contributed by atoms with van der Waals surface area (Å²) >= 11 is 0. The average Bonchev–Trinajstić information content (AvgIpc) is 3.08. The fraction of sp³-hybridized carbons (Fsp3) is 0.333. The van der Waals surface area contributed by atoms with Gasteiger partial charge in [0, 0.05) is 24.3 Å². The number of cyclic esters (lactones) is 1. The predicted molar refractivity (Wildman–Crippen MR) is 113 cm³/mol. The molecule has 7 nitrogen and oxygen atoms in total. The van der Waals surface area contributed by atoms with E-state index < -0.39 is 17.5 Å². The molecule has 0 spiro atoms. The number of ether oxygens (including phenoxy) is 2. The van der Waals surface area contributed by atoms with Crippen molar-refractivity contribution in [2.75, 3.05) is 0 Å². The van der Waals surface area contributed by atoms with Gasteiger partial charge in [0.25, 0.3) is 5.56 Å². The van der Waals surface area contributed by atoms with Crippen LogP contribution in [0, 0.1) is 0 Å². The lowest BCUT2D eigenvalue weighted by atomic mass is 9.86. The predicted octanol–water partition coefficient (Wildman–Crippen LogP) is 3.13. The van der Waals surface area contributed by atoms with Crippen LogP contribution in [0.3, 0.4) is 0 Å². The van der Waals surface area contributed by atoms with Crippen LogP contribution in [0.5, 0.6) is 0 Å². The van der Waals surface area contributed by atoms with E-state index in [1.807, 2.05) is 37.3 Å². The smallest absolute Gasteiger partial charge is 0.310 e. The second-order valence-corrected chi connectivity index (χ2v) is 8.26. The number of carbonyl (C=O) groups is 2. The van der Waals surface area contributed by atoms with E-state index >= 15 is 0 Å². The Hall–Kier alpha value is -3.48. The maximum absolute atomic E-state index is 13.4. The lowest BCUT2D eigenvalue weighted by molar-refractivity contribution is -0.166. The Bertz CT molecular complexity index is 1310. The van der Waals surface area contributed by atoms with Gasteiger partial charge in [-0.2, -0.15) is 0 Å². The van der Waals surface area contributed by atoms with Crippen LogP contribution in [-0.4, -0.2) is 27.1 Å². The van der Waals surface area contributed by atoms with E-state index in [4.69, 9.17) is 14.5 Å². The van der Waals surface area contributed by atoms with Crippen molar-refractivity contribution in [2.24, 2.45) is 0 Å². The summed E-state index contributed by atoms with van der Waals surface area (Å²) in [4.78, 5) is 42.3. The topological polar surface area (TPSA) is 87.5 Å². The number of pyridine rings is 2. The van der Waals surface area contributed by atoms with E-state index in [0.29, 0.717) is 18.5 Å². The first-order chi connectivity index (χ1) is 14.9. The summed E-state index contributed by atoms with van der Waals surface area (Å²) in [6.07, 6.45) is 0.666. The van der Waals surface area contributed by atoms with Gasteiger partial charge in [0.15, 0.2) is 0 Å². The normalized spacial score (nSPS) is 19.6. The Morgan fingerprint density at radius 3 is 2.77 bits per heavy atom. The molecule has 3 aromatic rings. The molecule has 0 bridgehead atoms. The average molecular weight is 418 g/mol. The molecule has 1 unspecified atom stereocenters. The minimum atomic E-state index is -1.04. The second-order valence-electron chi connectivity index (χ2n) is 8.26. The zero-order valence-corrected chi connectivity index (χ0v) is 17.4. The summed E-state index contributed by atoms with van der Waals surface area (Å²) in [7, 11) is 0. The molecule has 0 aliphatic carbocycles. The standard InChI is InChI=1S/C24H22N2O5/c1-3-24(31-14(2)27)10-16-9-20-22-17(8-15-6-4-5-7-19(15)25-22)12-26(20)23(29)18(16)13-30-21(28)11-24/h4-9H,3,10-13H2,1-2H3. The first kappa shape index (κ1) is 19.5. The van der Waals surface area contributed by atoms with E-state index in [1.54, 1.807) is 4.57 Å². The van der Waals surface area contributed by atoms with Gasteiger partial charge in [0.2, 0.25) is 0 Å². The van der Waals surface area contributed by atoms with Crippen LogP contribution in [0.25, 0.3) is 22.3 Å². The van der Waals surface area contributed by atoms with Gasteiger partial charge in [-0.1, -0.05) is 25.1 Å². The minimum absolute atomic E-state index is 0.0413. The Balaban J connectivity index is 1.69. The zero-order valence-electron chi connectivity index (χ0n) is 17.4. The molecule has 7 heteroatoms. The number of hydrogen-bond acceptors (Lipinski definition) is 6. The summed E-state index contributed by atoms with van der Waals surface area (Å²) in [6, 6.07) is 11.9. The fourth-order valence-electron chi connectivity index (χ4n) is 4.65. The van der Waals surface area contributed by atoms with Gasteiger partial charge in [-0.05, 0) is 30.2 Å². The number of para-hydroxylation sites is 1. The van der Waals surface area contributed by atoms with Gasteiger partial charge in [-0.25, -0.2) is 4.98 Å². The van der Waals surface area contributed by atoms with Crippen molar-refractivity contribution in [3.8, 4) is 11.4 Å². The minimum Gasteiger partial charge on any atom is -0.460 e. The first-order valence-corrected chi connectivity index (χ1v) is 10.4. The van der Waals surface area contributed by atoms with E-state index in [1.165, 1.54) is 6.92 Å². The molecule has 1 atom stereocenters. The van der Waals surface area contributed by atoms with Gasteiger partial charge in [-0.3, -0.25) is 14.4 Å². The third-order valence-electron chi connectivity index (χ3n) is 6.23. The summed E-state index contributed by atoms with van der Waals surface area (Å²) < 4.78 is 12.7. The van der Waals surface area contributed by atoms with Gasteiger partial charge in [0.05, 0.1) is 35.4 Å². The third-order valence-corrected chi connectivity index (χ3v) is 6.23. The fourth-order valence-corrected chi connectivity index (χ4v) is 4.65. The molecule has 2 aromatic heterocycles. The van der Waals surface area contributed by atoms with Gasteiger partial charge >= 0.3 is 11.9 Å². The summed E-state index contributed by atoms with van der Waals surface area (Å²) in [5.74, 6) is -0.942. The second kappa shape index (κ2) is 7.04. The van der Waals surface area contributed by atoms with Gasteiger partial charge < -0.3 is 14.0 Å². The van der Waals surface area contributed by atoms with Crippen LogP contribution < -0.4 is 5.56 Å². The number of aromatic nitrogens is 2. The highest BCUT2D eigenvalue weighted by atomic mass is 16.6. The molecular weight excluding hydrogens is 396 g/mol. The Morgan fingerprint density at radius 2 is 2.00 bits per heavy atom. The molecule has 2 aliphatic rings. The number of benzene rings is 1. The summed E-state index contributed by atoms with van der Waals surface area (Å²) in [5, 5.41) is 1.02. The Morgan fingerprint density at radius 1 is 1.19 bits per heavy atom. The molecule has 0 N–H and O–H groups in total. The van der Waals surface area contributed by atoms with Gasteiger partial charge in [-0.15, -0.1) is 0 Å². The largest absolute Gasteiger partial charge is 0.460 e. The number of nitrogens with zero attached hydrogens (tertiary/aromatic N) is 2. The molecule has 31 heavy (non-hydrogen) atoms. The Kier molecular flexibility index (Phi) is 4.43. The first-order valence-electron chi connectivity index (χ1n) is 10.4. The monoisotopic (exact) mass is 418 g/mol. The summed E-state index contributed by atoms with van der Waals surface area (Å²) in [6.45, 7) is 3.52. The summed E-state index contributed by atoms with van der Waals surface area (Å²) in [5.41, 5.74) is 3.29. The molecular formula is C24H22N2O5. The molecule has 0 fully saturated rings. The molecule has 2 aliphatic heterocycles. The highest BCUT2D eigenvalue weighted by Crippen LogP contribution is 2.35. The SMILES string of the molecule is CCC1(OC(C)=O)CC(=O)OCc2c(cc3n(c2=O)Cc2cc4ccccc4nc2-3)C1. The van der Waals surface area contributed by atoms with E-state index in [2.05, 4.69) is 6.07 Å². The highest BCUT2D eigenvalue weighted by molar-refractivity contribution is 5.84. The molecule has 0 saturated heterocycles. The number of hydrogen-bond donors (Lipinski definition) is 0. The van der Waals surface area contributed by atoms with Crippen molar-refractivity contribution < 1.29 is 19.1 Å². The van der Waals surface area contributed by atoms with Crippen LogP contribution in [0.4, 0.5) is 0 Å². The molecule has 0 radical (unpaired) electrons. The van der Waals surface area contributed by atoms with Crippen LogP contribution in [0.15, 0.2) is 41.2 Å². The van der Waals surface area contributed by atoms with Crippen molar-refractivity contribution >= 4 is 22.8 Å². The lowest BCUT2D eigenvalue weighted by Gasteiger charge is -2.33. The number of fused-ring (bicyclic) bond motifs is 5. The van der Waals surface area contributed by atoms with Crippen molar-refractivity contribution in [1.29, 1.82) is 0 Å².